The molecule has 34 heavy (non-hydrogen) atoms. The number of hydrogen-bond acceptors (Lipinski definition) is 7. The van der Waals surface area contributed by atoms with Gasteiger partial charge in [0.05, 0.1) is 21.7 Å². The Kier molecular flexibility index (Phi) is 6.67. The molecule has 2 aromatic carbocycles. The molecule has 8 nitrogen and oxygen atoms in total. The molecule has 0 radical (unpaired) electrons. The molecule has 5 rings (SSSR count). The first kappa shape index (κ1) is 23.4. The minimum Gasteiger partial charge on any atom is -0.336 e. The highest BCUT2D eigenvalue weighted by atomic mass is 32.2. The van der Waals surface area contributed by atoms with E-state index in [1.807, 2.05) is 30.1 Å². The van der Waals surface area contributed by atoms with Crippen LogP contribution in [0.2, 0.25) is 0 Å². The van der Waals surface area contributed by atoms with Crippen LogP contribution in [-0.2, 0) is 16.6 Å². The molecule has 0 aliphatic carbocycles. The number of aromatic nitrogens is 1. The van der Waals surface area contributed by atoms with Gasteiger partial charge in [-0.25, -0.2) is 13.4 Å². The lowest BCUT2D eigenvalue weighted by molar-refractivity contribution is 0.0628. The lowest BCUT2D eigenvalue weighted by atomic mass is 10.2. The first-order valence-electron chi connectivity index (χ1n) is 11.5. The topological polar surface area (TPSA) is 77.1 Å². The number of hydrogen-bond donors (Lipinski definition) is 0. The van der Waals surface area contributed by atoms with E-state index in [9.17, 15) is 13.2 Å². The van der Waals surface area contributed by atoms with Crippen molar-refractivity contribution >= 4 is 37.5 Å². The minimum atomic E-state index is -3.60. The highest BCUT2D eigenvalue weighted by Gasteiger charge is 2.29. The van der Waals surface area contributed by atoms with Crippen molar-refractivity contribution in [1.82, 2.24) is 24.0 Å². The van der Waals surface area contributed by atoms with Gasteiger partial charge in [0.1, 0.15) is 5.01 Å². The quantitative estimate of drug-likeness (QED) is 0.536. The Morgan fingerprint density at radius 3 is 2.41 bits per heavy atom. The molecular formula is C24H29N5O3S2. The summed E-state index contributed by atoms with van der Waals surface area (Å²) in [6.07, 6.45) is 0. The van der Waals surface area contributed by atoms with Gasteiger partial charge in [0.15, 0.2) is 0 Å². The van der Waals surface area contributed by atoms with Crippen LogP contribution in [0.3, 0.4) is 0 Å². The summed E-state index contributed by atoms with van der Waals surface area (Å²) in [5.74, 6) is -0.116. The van der Waals surface area contributed by atoms with Gasteiger partial charge < -0.3 is 9.80 Å². The zero-order valence-electron chi connectivity index (χ0n) is 19.3. The van der Waals surface area contributed by atoms with E-state index in [1.54, 1.807) is 29.5 Å². The maximum absolute atomic E-state index is 13.2. The number of rotatable bonds is 5. The fourth-order valence-electron chi connectivity index (χ4n) is 4.44. The Labute approximate surface area is 204 Å². The number of benzene rings is 2. The zero-order valence-corrected chi connectivity index (χ0v) is 20.9. The van der Waals surface area contributed by atoms with Crippen molar-refractivity contribution in [2.24, 2.45) is 0 Å². The number of thiazole rings is 1. The third-order valence-corrected chi connectivity index (χ3v) is 9.45. The van der Waals surface area contributed by atoms with Crippen molar-refractivity contribution in [3.63, 3.8) is 0 Å². The summed E-state index contributed by atoms with van der Waals surface area (Å²) < 4.78 is 28.9. The Morgan fingerprint density at radius 2 is 1.68 bits per heavy atom. The number of carbonyl (C=O) groups excluding carboxylic acids is 1. The Bertz CT molecular complexity index is 1240. The standard InChI is InChI=1S/C24H29N5O3S2/c1-26-9-15-29(16-10-26)34(31,32)20-6-4-5-19(17-20)24(30)28-13-11-27(12-14-28)18-23-25-21-7-2-3-8-22(21)33-23/h2-8,17H,9-16,18H2,1H3. The van der Waals surface area contributed by atoms with Crippen molar-refractivity contribution in [2.45, 2.75) is 11.4 Å². The van der Waals surface area contributed by atoms with Gasteiger partial charge in [-0.05, 0) is 37.4 Å². The van der Waals surface area contributed by atoms with Crippen LogP contribution < -0.4 is 0 Å². The number of sulfonamides is 1. The van der Waals surface area contributed by atoms with E-state index < -0.39 is 10.0 Å². The zero-order chi connectivity index (χ0) is 23.7. The van der Waals surface area contributed by atoms with Crippen LogP contribution in [0.5, 0.6) is 0 Å². The second-order valence-corrected chi connectivity index (χ2v) is 11.9. The number of fused-ring (bicyclic) bond motifs is 1. The molecule has 0 spiro atoms. The fraction of sp³-hybridized carbons (Fsp3) is 0.417. The predicted octanol–water partition coefficient (Wildman–Crippen LogP) is 2.19. The largest absolute Gasteiger partial charge is 0.336 e. The first-order valence-corrected chi connectivity index (χ1v) is 13.8. The average molecular weight is 500 g/mol. The SMILES string of the molecule is CN1CCN(S(=O)(=O)c2cccc(C(=O)N3CCN(Cc4nc5ccccc5s4)CC3)c2)CC1. The van der Waals surface area contributed by atoms with E-state index >= 15 is 0 Å². The summed E-state index contributed by atoms with van der Waals surface area (Å²) in [5.41, 5.74) is 1.46. The highest BCUT2D eigenvalue weighted by Crippen LogP contribution is 2.24. The van der Waals surface area contributed by atoms with Crippen LogP contribution in [-0.4, -0.2) is 97.7 Å². The molecule has 0 bridgehead atoms. The van der Waals surface area contributed by atoms with E-state index in [4.69, 9.17) is 4.98 Å². The second-order valence-electron chi connectivity index (χ2n) is 8.88. The fourth-order valence-corrected chi connectivity index (χ4v) is 6.92. The van der Waals surface area contributed by atoms with Crippen molar-refractivity contribution < 1.29 is 13.2 Å². The summed E-state index contributed by atoms with van der Waals surface area (Å²) in [5, 5.41) is 1.09. The second kappa shape index (κ2) is 9.71. The minimum absolute atomic E-state index is 0.116. The van der Waals surface area contributed by atoms with Crippen molar-refractivity contribution in [3.05, 3.63) is 59.1 Å². The summed E-state index contributed by atoms with van der Waals surface area (Å²) in [6.45, 7) is 5.87. The molecule has 2 fully saturated rings. The molecule has 1 aromatic heterocycles. The van der Waals surface area contributed by atoms with E-state index in [0.29, 0.717) is 44.8 Å². The van der Waals surface area contributed by atoms with Gasteiger partial charge in [-0.2, -0.15) is 4.31 Å². The van der Waals surface area contributed by atoms with Gasteiger partial charge in [0.25, 0.3) is 5.91 Å². The molecule has 0 atom stereocenters. The molecule has 0 saturated carbocycles. The highest BCUT2D eigenvalue weighted by molar-refractivity contribution is 7.89. The lowest BCUT2D eigenvalue weighted by Gasteiger charge is -2.34. The van der Waals surface area contributed by atoms with E-state index in [-0.39, 0.29) is 10.8 Å². The number of carbonyl (C=O) groups is 1. The van der Waals surface area contributed by atoms with Gasteiger partial charge in [-0.15, -0.1) is 11.3 Å². The number of para-hydroxylation sites is 1. The van der Waals surface area contributed by atoms with Gasteiger partial charge >= 0.3 is 0 Å². The molecule has 1 amide bonds. The van der Waals surface area contributed by atoms with E-state index in [1.165, 1.54) is 15.1 Å². The predicted molar refractivity (Wildman–Crippen MR) is 133 cm³/mol. The molecule has 3 aromatic rings. The maximum Gasteiger partial charge on any atom is 0.253 e. The molecule has 10 heteroatoms. The lowest BCUT2D eigenvalue weighted by Crippen LogP contribution is -2.48. The van der Waals surface area contributed by atoms with Crippen molar-refractivity contribution in [2.75, 3.05) is 59.4 Å². The molecule has 0 unspecified atom stereocenters. The molecule has 2 aliphatic rings. The summed E-state index contributed by atoms with van der Waals surface area (Å²) in [4.78, 5) is 24.3. The van der Waals surface area contributed by atoms with Crippen LogP contribution in [0, 0.1) is 0 Å². The Hall–Kier alpha value is -2.37. The summed E-state index contributed by atoms with van der Waals surface area (Å²) >= 11 is 1.71. The number of nitrogens with zero attached hydrogens (tertiary/aromatic N) is 5. The third kappa shape index (κ3) is 4.87. The molecular weight excluding hydrogens is 470 g/mol. The van der Waals surface area contributed by atoms with Gasteiger partial charge in [0, 0.05) is 57.9 Å². The molecule has 2 aliphatic heterocycles. The molecule has 2 saturated heterocycles. The van der Waals surface area contributed by atoms with Gasteiger partial charge in [-0.1, -0.05) is 18.2 Å². The van der Waals surface area contributed by atoms with Gasteiger partial charge in [-0.3, -0.25) is 9.69 Å². The number of piperazine rings is 2. The maximum atomic E-state index is 13.2. The van der Waals surface area contributed by atoms with Gasteiger partial charge in [0.2, 0.25) is 10.0 Å². The first-order chi connectivity index (χ1) is 16.4. The molecule has 0 N–H and O–H groups in total. The van der Waals surface area contributed by atoms with Crippen molar-refractivity contribution in [3.8, 4) is 0 Å². The summed E-state index contributed by atoms with van der Waals surface area (Å²) in [7, 11) is -1.62. The Morgan fingerprint density at radius 1 is 0.941 bits per heavy atom. The average Bonchev–Trinajstić information content (AvgIpc) is 3.27. The van der Waals surface area contributed by atoms with Crippen LogP contribution in [0.4, 0.5) is 0 Å². The van der Waals surface area contributed by atoms with Crippen LogP contribution in [0.1, 0.15) is 15.4 Å². The molecule has 180 valence electrons. The van der Waals surface area contributed by atoms with Crippen LogP contribution in [0.25, 0.3) is 10.2 Å². The van der Waals surface area contributed by atoms with Crippen molar-refractivity contribution in [1.29, 1.82) is 0 Å². The van der Waals surface area contributed by atoms with E-state index in [2.05, 4.69) is 15.9 Å². The summed E-state index contributed by atoms with van der Waals surface area (Å²) in [6, 6.07) is 14.6. The Balaban J connectivity index is 1.21. The molecule has 3 heterocycles. The monoisotopic (exact) mass is 499 g/mol. The normalized spacial score (nSPS) is 19.0. The van der Waals surface area contributed by atoms with Crippen LogP contribution >= 0.6 is 11.3 Å². The number of likely N-dealkylation sites (N-methyl/N-ethyl adjacent to an activating group) is 1. The van der Waals surface area contributed by atoms with Crippen LogP contribution in [0.15, 0.2) is 53.4 Å². The number of amides is 1. The van der Waals surface area contributed by atoms with E-state index in [0.717, 1.165) is 30.2 Å². The third-order valence-electron chi connectivity index (χ3n) is 6.54. The smallest absolute Gasteiger partial charge is 0.253 e.